The van der Waals surface area contributed by atoms with Gasteiger partial charge in [-0.1, -0.05) is 36.4 Å². The monoisotopic (exact) mass is 323 g/mol. The van der Waals surface area contributed by atoms with Crippen molar-refractivity contribution in [3.63, 3.8) is 0 Å². The number of aromatic nitrogens is 1. The SMILES string of the molecule is CCn1c2ccccc2c2cc(C=Nc3ccccc3C#N)ccc21. The van der Waals surface area contributed by atoms with Crippen LogP contribution in [-0.2, 0) is 6.54 Å². The number of rotatable bonds is 3. The summed E-state index contributed by atoms with van der Waals surface area (Å²) in [4.78, 5) is 4.51. The van der Waals surface area contributed by atoms with Crippen molar-refractivity contribution < 1.29 is 0 Å². The van der Waals surface area contributed by atoms with Crippen molar-refractivity contribution in [1.82, 2.24) is 4.57 Å². The maximum atomic E-state index is 9.18. The summed E-state index contributed by atoms with van der Waals surface area (Å²) >= 11 is 0. The number of aryl methyl sites for hydroxylation is 1. The molecule has 0 fully saturated rings. The van der Waals surface area contributed by atoms with Crippen molar-refractivity contribution in [1.29, 1.82) is 5.26 Å². The van der Waals surface area contributed by atoms with Crippen molar-refractivity contribution in [2.75, 3.05) is 0 Å². The average Bonchev–Trinajstić information content (AvgIpc) is 2.99. The summed E-state index contributed by atoms with van der Waals surface area (Å²) in [6.07, 6.45) is 1.83. The highest BCUT2D eigenvalue weighted by Crippen LogP contribution is 2.29. The summed E-state index contributed by atoms with van der Waals surface area (Å²) < 4.78 is 2.33. The molecule has 1 heterocycles. The van der Waals surface area contributed by atoms with Crippen LogP contribution < -0.4 is 0 Å². The third-order valence-electron chi connectivity index (χ3n) is 4.49. The first kappa shape index (κ1) is 15.2. The lowest BCUT2D eigenvalue weighted by Crippen LogP contribution is -1.92. The van der Waals surface area contributed by atoms with E-state index in [1.165, 1.54) is 21.8 Å². The molecule has 3 aromatic carbocycles. The number of fused-ring (bicyclic) bond motifs is 3. The third-order valence-corrected chi connectivity index (χ3v) is 4.49. The van der Waals surface area contributed by atoms with E-state index in [0.717, 1.165) is 12.1 Å². The van der Waals surface area contributed by atoms with E-state index in [0.29, 0.717) is 11.3 Å². The van der Waals surface area contributed by atoms with Crippen molar-refractivity contribution in [2.45, 2.75) is 13.5 Å². The molecule has 0 spiro atoms. The number of benzene rings is 3. The Morgan fingerprint density at radius 3 is 2.56 bits per heavy atom. The molecule has 1 aromatic heterocycles. The van der Waals surface area contributed by atoms with Crippen molar-refractivity contribution in [2.24, 2.45) is 4.99 Å². The van der Waals surface area contributed by atoms with E-state index in [1.54, 1.807) is 6.07 Å². The van der Waals surface area contributed by atoms with Gasteiger partial charge in [0, 0.05) is 34.6 Å². The molecule has 0 unspecified atom stereocenters. The molecular weight excluding hydrogens is 306 g/mol. The molecule has 0 aliphatic heterocycles. The van der Waals surface area contributed by atoms with Crippen LogP contribution in [0.2, 0.25) is 0 Å². The maximum Gasteiger partial charge on any atom is 0.101 e. The molecule has 0 saturated heterocycles. The molecule has 0 N–H and O–H groups in total. The summed E-state index contributed by atoms with van der Waals surface area (Å²) in [5.74, 6) is 0. The molecule has 0 atom stereocenters. The molecule has 0 aliphatic carbocycles. The highest BCUT2D eigenvalue weighted by atomic mass is 15.0. The van der Waals surface area contributed by atoms with Crippen LogP contribution in [0.15, 0.2) is 71.7 Å². The van der Waals surface area contributed by atoms with Gasteiger partial charge in [0.15, 0.2) is 0 Å². The molecular formula is C22H17N3. The second kappa shape index (κ2) is 6.26. The molecule has 0 aliphatic rings. The van der Waals surface area contributed by atoms with E-state index in [9.17, 15) is 5.26 Å². The number of para-hydroxylation sites is 2. The summed E-state index contributed by atoms with van der Waals surface area (Å²) in [6.45, 7) is 3.10. The minimum Gasteiger partial charge on any atom is -0.341 e. The van der Waals surface area contributed by atoms with E-state index < -0.39 is 0 Å². The zero-order chi connectivity index (χ0) is 17.2. The summed E-state index contributed by atoms with van der Waals surface area (Å²) in [6, 6.07) is 24.4. The molecule has 4 aromatic rings. The van der Waals surface area contributed by atoms with Gasteiger partial charge in [-0.05, 0) is 42.8 Å². The molecule has 120 valence electrons. The normalized spacial score (nSPS) is 11.4. The Kier molecular flexibility index (Phi) is 3.80. The predicted molar refractivity (Wildman–Crippen MR) is 104 cm³/mol. The number of aliphatic imine (C=N–C) groups is 1. The number of nitriles is 1. The van der Waals surface area contributed by atoms with Gasteiger partial charge in [0.1, 0.15) is 6.07 Å². The van der Waals surface area contributed by atoms with Gasteiger partial charge in [0.25, 0.3) is 0 Å². The molecule has 0 bridgehead atoms. The van der Waals surface area contributed by atoms with Crippen LogP contribution >= 0.6 is 0 Å². The standard InChI is InChI=1S/C22H17N3/c1-2-25-21-10-6-4-8-18(21)19-13-16(11-12-22(19)25)15-24-20-9-5-3-7-17(20)14-23/h3-13,15H,2H2,1H3. The number of hydrogen-bond donors (Lipinski definition) is 0. The lowest BCUT2D eigenvalue weighted by atomic mass is 10.1. The Labute approximate surface area is 146 Å². The molecule has 3 heteroatoms. The van der Waals surface area contributed by atoms with Gasteiger partial charge >= 0.3 is 0 Å². The van der Waals surface area contributed by atoms with Crippen LogP contribution in [0.25, 0.3) is 21.8 Å². The first-order chi connectivity index (χ1) is 12.3. The lowest BCUT2D eigenvalue weighted by molar-refractivity contribution is 0.827. The van der Waals surface area contributed by atoms with E-state index in [2.05, 4.69) is 65.0 Å². The Balaban J connectivity index is 1.83. The lowest BCUT2D eigenvalue weighted by Gasteiger charge is -2.02. The van der Waals surface area contributed by atoms with Gasteiger partial charge in [0.2, 0.25) is 0 Å². The Hall–Kier alpha value is -3.38. The van der Waals surface area contributed by atoms with Gasteiger partial charge in [-0.3, -0.25) is 4.99 Å². The summed E-state index contributed by atoms with van der Waals surface area (Å²) in [5.41, 5.74) is 4.80. The topological polar surface area (TPSA) is 41.1 Å². The fraction of sp³-hybridized carbons (Fsp3) is 0.0909. The molecule has 0 radical (unpaired) electrons. The van der Waals surface area contributed by atoms with Crippen LogP contribution in [-0.4, -0.2) is 10.8 Å². The van der Waals surface area contributed by atoms with Crippen LogP contribution in [0.5, 0.6) is 0 Å². The van der Waals surface area contributed by atoms with Crippen LogP contribution in [0, 0.1) is 11.3 Å². The largest absolute Gasteiger partial charge is 0.341 e. The average molecular weight is 323 g/mol. The van der Waals surface area contributed by atoms with Gasteiger partial charge in [-0.15, -0.1) is 0 Å². The first-order valence-electron chi connectivity index (χ1n) is 8.36. The fourth-order valence-corrected chi connectivity index (χ4v) is 3.32. The second-order valence-corrected chi connectivity index (χ2v) is 5.93. The highest BCUT2D eigenvalue weighted by Gasteiger charge is 2.09. The van der Waals surface area contributed by atoms with E-state index in [4.69, 9.17) is 0 Å². The second-order valence-electron chi connectivity index (χ2n) is 5.93. The Morgan fingerprint density at radius 1 is 0.960 bits per heavy atom. The Bertz CT molecular complexity index is 1140. The van der Waals surface area contributed by atoms with Crippen LogP contribution in [0.1, 0.15) is 18.1 Å². The van der Waals surface area contributed by atoms with Gasteiger partial charge in [-0.2, -0.15) is 5.26 Å². The smallest absolute Gasteiger partial charge is 0.101 e. The van der Waals surface area contributed by atoms with Crippen molar-refractivity contribution in [3.8, 4) is 6.07 Å². The molecule has 0 saturated carbocycles. The third kappa shape index (κ3) is 2.58. The van der Waals surface area contributed by atoms with E-state index in [-0.39, 0.29) is 0 Å². The minimum atomic E-state index is 0.586. The van der Waals surface area contributed by atoms with Crippen LogP contribution in [0.4, 0.5) is 5.69 Å². The number of hydrogen-bond acceptors (Lipinski definition) is 2. The zero-order valence-electron chi connectivity index (χ0n) is 14.0. The quantitative estimate of drug-likeness (QED) is 0.463. The van der Waals surface area contributed by atoms with Gasteiger partial charge in [0.05, 0.1) is 11.3 Å². The molecule has 3 nitrogen and oxygen atoms in total. The summed E-state index contributed by atoms with van der Waals surface area (Å²) in [5, 5.41) is 11.7. The van der Waals surface area contributed by atoms with Gasteiger partial charge < -0.3 is 4.57 Å². The van der Waals surface area contributed by atoms with Gasteiger partial charge in [-0.25, -0.2) is 0 Å². The minimum absolute atomic E-state index is 0.586. The molecule has 25 heavy (non-hydrogen) atoms. The number of nitrogens with zero attached hydrogens (tertiary/aromatic N) is 3. The molecule has 0 amide bonds. The van der Waals surface area contributed by atoms with Crippen LogP contribution in [0.3, 0.4) is 0 Å². The Morgan fingerprint density at radius 2 is 1.72 bits per heavy atom. The maximum absolute atomic E-state index is 9.18. The van der Waals surface area contributed by atoms with E-state index >= 15 is 0 Å². The highest BCUT2D eigenvalue weighted by molar-refractivity contribution is 6.09. The van der Waals surface area contributed by atoms with Crippen molar-refractivity contribution in [3.05, 3.63) is 77.9 Å². The fourth-order valence-electron chi connectivity index (χ4n) is 3.32. The van der Waals surface area contributed by atoms with E-state index in [1.807, 2.05) is 24.4 Å². The summed E-state index contributed by atoms with van der Waals surface area (Å²) in [7, 11) is 0. The van der Waals surface area contributed by atoms with Crippen molar-refractivity contribution >= 4 is 33.7 Å². The zero-order valence-corrected chi connectivity index (χ0v) is 14.0. The first-order valence-corrected chi connectivity index (χ1v) is 8.36. The predicted octanol–water partition coefficient (Wildman–Crippen LogP) is 5.44. The molecule has 4 rings (SSSR count).